The second-order valence-electron chi connectivity index (χ2n) is 21.5. The van der Waals surface area contributed by atoms with Gasteiger partial charge < -0.3 is 34.0 Å². The fourth-order valence-corrected chi connectivity index (χ4v) is 8.89. The standard InChI is InChI=1S/C67H115N2O7P/c1-6-8-10-12-14-16-18-20-21-22-23-24-25-26-27-28-29-30-31-32-33-34-35-36-37-38-39-40-41-42-43-44-45-46-47-48-50-52-54-56-58-60-66(71)68-64(63-76-77(73,74)75-62-61-69(3,4)5)67(72)65(70)59-57-55-53-51-49-19-17-15-13-11-9-7-2/h8,10,14,16,20-21,23-24,26-27,29-30,32-33,35-36,38-39,41-42,51,53,64-65,67,70,72H,6-7,9,11-13,15,17-19,22,25,28,31,34,37,40,43-50,52,54-63H2,1-5H3,(H-,68,71,73,74)/b10-8-,16-14-,21-20-,24-23-,27-26-,30-29-,33-32-,36-35-,39-38-,42-41-,53-51+. The van der Waals surface area contributed by atoms with Gasteiger partial charge in [-0.25, -0.2) is 0 Å². The van der Waals surface area contributed by atoms with Crippen LogP contribution in [0.25, 0.3) is 0 Å². The molecule has 0 aliphatic carbocycles. The van der Waals surface area contributed by atoms with Gasteiger partial charge in [0.15, 0.2) is 0 Å². The van der Waals surface area contributed by atoms with Gasteiger partial charge in [0, 0.05) is 6.42 Å². The number of nitrogens with one attached hydrogen (secondary N) is 1. The van der Waals surface area contributed by atoms with Crippen LogP contribution in [0.2, 0.25) is 0 Å². The first-order valence-corrected chi connectivity index (χ1v) is 32.1. The molecule has 0 fully saturated rings. The highest BCUT2D eigenvalue weighted by atomic mass is 31.2. The summed E-state index contributed by atoms with van der Waals surface area (Å²) in [6.07, 6.45) is 81.0. The summed E-state index contributed by atoms with van der Waals surface area (Å²) in [5.41, 5.74) is 0. The van der Waals surface area contributed by atoms with Gasteiger partial charge >= 0.3 is 0 Å². The topological polar surface area (TPSA) is 128 Å². The number of amides is 1. The number of rotatable bonds is 54. The van der Waals surface area contributed by atoms with Crippen LogP contribution in [0.5, 0.6) is 0 Å². The maximum atomic E-state index is 13.0. The van der Waals surface area contributed by atoms with E-state index in [1.165, 1.54) is 83.5 Å². The van der Waals surface area contributed by atoms with Crippen molar-refractivity contribution in [3.05, 3.63) is 134 Å². The van der Waals surface area contributed by atoms with Crippen LogP contribution in [-0.4, -0.2) is 79.8 Å². The van der Waals surface area contributed by atoms with E-state index >= 15 is 0 Å². The number of carbonyl (C=O) groups excluding carboxylic acids is 1. The number of hydrogen-bond donors (Lipinski definition) is 3. The van der Waals surface area contributed by atoms with Crippen molar-refractivity contribution in [2.24, 2.45) is 0 Å². The summed E-state index contributed by atoms with van der Waals surface area (Å²) >= 11 is 0. The van der Waals surface area contributed by atoms with Crippen LogP contribution >= 0.6 is 7.82 Å². The van der Waals surface area contributed by atoms with Crippen LogP contribution in [0.3, 0.4) is 0 Å². The molecule has 10 heteroatoms. The Hall–Kier alpha value is -3.40. The molecule has 0 aromatic rings. The van der Waals surface area contributed by atoms with Crippen molar-refractivity contribution in [2.45, 2.75) is 244 Å². The van der Waals surface area contributed by atoms with Crippen molar-refractivity contribution >= 4 is 13.7 Å². The molecular formula is C67H115N2O7P. The maximum Gasteiger partial charge on any atom is 0.268 e. The fraction of sp³-hybridized carbons (Fsp3) is 0.657. The molecule has 4 unspecified atom stereocenters. The van der Waals surface area contributed by atoms with Crippen LogP contribution in [0.15, 0.2) is 134 Å². The van der Waals surface area contributed by atoms with Gasteiger partial charge in [-0.2, -0.15) is 0 Å². The predicted molar refractivity (Wildman–Crippen MR) is 331 cm³/mol. The number of unbranched alkanes of at least 4 members (excludes halogenated alkanes) is 18. The quantitative estimate of drug-likeness (QED) is 0.0239. The van der Waals surface area contributed by atoms with Crippen molar-refractivity contribution in [3.63, 3.8) is 0 Å². The number of carbonyl (C=O) groups is 1. The molecular weight excluding hydrogens is 976 g/mol. The first kappa shape index (κ1) is 73.6. The lowest BCUT2D eigenvalue weighted by atomic mass is 10.0. The Morgan fingerprint density at radius 2 is 0.818 bits per heavy atom. The smallest absolute Gasteiger partial charge is 0.268 e. The number of allylic oxidation sites excluding steroid dienone is 22. The molecule has 0 bridgehead atoms. The Morgan fingerprint density at radius 3 is 1.21 bits per heavy atom. The van der Waals surface area contributed by atoms with E-state index in [2.05, 4.69) is 153 Å². The number of aliphatic hydroxyl groups excluding tert-OH is 2. The van der Waals surface area contributed by atoms with Gasteiger partial charge in [0.25, 0.3) is 7.82 Å². The zero-order valence-corrected chi connectivity index (χ0v) is 50.6. The molecule has 9 nitrogen and oxygen atoms in total. The minimum atomic E-state index is -4.69. The molecule has 77 heavy (non-hydrogen) atoms. The summed E-state index contributed by atoms with van der Waals surface area (Å²) in [6.45, 7) is 4.28. The molecule has 0 rings (SSSR count). The average molecular weight is 1090 g/mol. The Kier molecular flexibility index (Phi) is 53.4. The first-order valence-electron chi connectivity index (χ1n) is 30.6. The van der Waals surface area contributed by atoms with Gasteiger partial charge in [0.05, 0.1) is 39.9 Å². The summed E-state index contributed by atoms with van der Waals surface area (Å²) in [7, 11) is 1.09. The predicted octanol–water partition coefficient (Wildman–Crippen LogP) is 17.4. The van der Waals surface area contributed by atoms with Gasteiger partial charge in [-0.1, -0.05) is 237 Å². The third-order valence-corrected chi connectivity index (χ3v) is 13.9. The van der Waals surface area contributed by atoms with E-state index in [-0.39, 0.29) is 18.9 Å². The molecule has 0 radical (unpaired) electrons. The van der Waals surface area contributed by atoms with Crippen molar-refractivity contribution < 1.29 is 38.0 Å². The summed E-state index contributed by atoms with van der Waals surface area (Å²) in [6, 6.07) is -1.10. The lowest BCUT2D eigenvalue weighted by Gasteiger charge is -2.31. The van der Waals surface area contributed by atoms with E-state index < -0.39 is 32.7 Å². The van der Waals surface area contributed by atoms with Gasteiger partial charge in [0.2, 0.25) is 5.91 Å². The number of quaternary nitrogens is 1. The summed E-state index contributed by atoms with van der Waals surface area (Å²) in [4.78, 5) is 25.5. The molecule has 0 aliphatic rings. The highest BCUT2D eigenvalue weighted by molar-refractivity contribution is 7.45. The van der Waals surface area contributed by atoms with Crippen LogP contribution in [0.4, 0.5) is 0 Å². The molecule has 0 spiro atoms. The van der Waals surface area contributed by atoms with Crippen molar-refractivity contribution in [3.8, 4) is 0 Å². The van der Waals surface area contributed by atoms with E-state index in [0.29, 0.717) is 30.3 Å². The summed E-state index contributed by atoms with van der Waals surface area (Å²) in [5, 5.41) is 24.7. The summed E-state index contributed by atoms with van der Waals surface area (Å²) < 4.78 is 23.2. The first-order chi connectivity index (χ1) is 37.4. The molecule has 440 valence electrons. The number of phosphoric acid groups is 1. The van der Waals surface area contributed by atoms with Crippen molar-refractivity contribution in [1.82, 2.24) is 5.32 Å². The Labute approximate surface area is 473 Å². The van der Waals surface area contributed by atoms with E-state index in [4.69, 9.17) is 9.05 Å². The second-order valence-corrected chi connectivity index (χ2v) is 22.9. The number of likely N-dealkylation sites (N-methyl/N-ethyl adjacent to an activating group) is 1. The monoisotopic (exact) mass is 1090 g/mol. The van der Waals surface area contributed by atoms with Crippen LogP contribution < -0.4 is 10.2 Å². The molecule has 0 saturated heterocycles. The Morgan fingerprint density at radius 1 is 0.481 bits per heavy atom. The Bertz CT molecular complexity index is 1730. The van der Waals surface area contributed by atoms with Crippen LogP contribution in [-0.2, 0) is 18.4 Å². The highest BCUT2D eigenvalue weighted by Crippen LogP contribution is 2.38. The lowest BCUT2D eigenvalue weighted by Crippen LogP contribution is -2.51. The number of aliphatic hydroxyl groups is 2. The van der Waals surface area contributed by atoms with Crippen molar-refractivity contribution in [2.75, 3.05) is 40.9 Å². The number of phosphoric ester groups is 1. The average Bonchev–Trinajstić information content (AvgIpc) is 3.39. The van der Waals surface area contributed by atoms with Gasteiger partial charge in [-0.05, 0) is 116 Å². The highest BCUT2D eigenvalue weighted by Gasteiger charge is 2.29. The summed E-state index contributed by atoms with van der Waals surface area (Å²) in [5.74, 6) is -0.299. The maximum absolute atomic E-state index is 13.0. The van der Waals surface area contributed by atoms with Crippen LogP contribution in [0.1, 0.15) is 226 Å². The fourth-order valence-electron chi connectivity index (χ4n) is 8.16. The molecule has 0 aliphatic heterocycles. The lowest BCUT2D eigenvalue weighted by molar-refractivity contribution is -0.870. The third-order valence-electron chi connectivity index (χ3n) is 13.0. The largest absolute Gasteiger partial charge is 0.756 e. The van der Waals surface area contributed by atoms with Crippen molar-refractivity contribution in [1.29, 1.82) is 0 Å². The van der Waals surface area contributed by atoms with Gasteiger partial charge in [-0.3, -0.25) is 9.36 Å². The molecule has 0 saturated carbocycles. The van der Waals surface area contributed by atoms with Crippen LogP contribution in [0, 0.1) is 0 Å². The molecule has 3 N–H and O–H groups in total. The molecule has 1 amide bonds. The minimum absolute atomic E-state index is 0.0529. The molecule has 0 aromatic heterocycles. The van der Waals surface area contributed by atoms with E-state index in [1.807, 2.05) is 21.1 Å². The zero-order chi connectivity index (χ0) is 56.4. The molecule has 0 aromatic carbocycles. The SMILES string of the molecule is CC/C=C\C/C=C\C/C=C\C/C=C\C/C=C\C/C=C\C/C=C\C/C=C\C/C=C\C/C=C\CCCCCCCCCCCCC(=O)NC(COP(=O)([O-])OCC[N+](C)(C)C)C(O)C(O)CCC/C=C/CCCCCCCCC. The van der Waals surface area contributed by atoms with Gasteiger partial charge in [0.1, 0.15) is 19.3 Å². The number of hydrogen-bond acceptors (Lipinski definition) is 7. The van der Waals surface area contributed by atoms with E-state index in [0.717, 1.165) is 103 Å². The molecule has 0 heterocycles. The second kappa shape index (κ2) is 55.9. The van der Waals surface area contributed by atoms with E-state index in [9.17, 15) is 24.5 Å². The third kappa shape index (κ3) is 57.1. The molecule has 4 atom stereocenters. The zero-order valence-electron chi connectivity index (χ0n) is 49.7. The van der Waals surface area contributed by atoms with E-state index in [1.54, 1.807) is 0 Å². The normalized spacial score (nSPS) is 15.2. The Balaban J connectivity index is 4.14. The van der Waals surface area contributed by atoms with Gasteiger partial charge in [-0.15, -0.1) is 0 Å². The minimum Gasteiger partial charge on any atom is -0.756 e. The number of nitrogens with zero attached hydrogens (tertiary/aromatic N) is 1.